The van der Waals surface area contributed by atoms with E-state index in [9.17, 15) is 9.50 Å². The topological polar surface area (TPSA) is 32.7 Å². The maximum absolute atomic E-state index is 13.5. The van der Waals surface area contributed by atoms with Gasteiger partial charge in [-0.2, -0.15) is 0 Å². The molecule has 0 radical (unpaired) electrons. The van der Waals surface area contributed by atoms with E-state index in [-0.39, 0.29) is 18.5 Å². The van der Waals surface area contributed by atoms with E-state index >= 15 is 0 Å². The third kappa shape index (κ3) is 3.89. The molecule has 2 unspecified atom stereocenters. The largest absolute Gasteiger partial charge is 0.491 e. The number of benzene rings is 2. The van der Waals surface area contributed by atoms with Gasteiger partial charge in [-0.15, -0.1) is 0 Å². The van der Waals surface area contributed by atoms with E-state index in [4.69, 9.17) is 4.74 Å². The molecular weight excluding hydrogens is 293 g/mol. The van der Waals surface area contributed by atoms with Crippen LogP contribution in [0.15, 0.2) is 48.5 Å². The van der Waals surface area contributed by atoms with Crippen LogP contribution in [0.25, 0.3) is 0 Å². The third-order valence-electron chi connectivity index (χ3n) is 4.40. The monoisotopic (exact) mass is 315 g/mol. The minimum absolute atomic E-state index is 0.0980. The van der Waals surface area contributed by atoms with Crippen molar-refractivity contribution < 1.29 is 14.2 Å². The fourth-order valence-corrected chi connectivity index (χ4v) is 3.12. The summed E-state index contributed by atoms with van der Waals surface area (Å²) in [5.41, 5.74) is 2.22. The molecule has 1 N–H and O–H groups in total. The standard InChI is InChI=1S/C19H22FNO2/c1-14-19-11-16(20)8-7-15(19)9-10-21(14)12-17(22)13-23-18-5-3-2-4-6-18/h2-8,11,14,17,22H,9-10,12-13H2,1H3. The number of halogens is 1. The molecule has 0 spiro atoms. The number of hydrogen-bond donors (Lipinski definition) is 1. The number of aliphatic hydroxyl groups is 1. The van der Waals surface area contributed by atoms with Gasteiger partial charge in [-0.05, 0) is 48.7 Å². The molecule has 2 aromatic carbocycles. The molecule has 0 bridgehead atoms. The summed E-state index contributed by atoms with van der Waals surface area (Å²) in [6, 6.07) is 14.6. The molecular formula is C19H22FNO2. The molecule has 122 valence electrons. The Bertz CT molecular complexity index is 647. The number of nitrogens with zero attached hydrogens (tertiary/aromatic N) is 1. The first-order valence-corrected chi connectivity index (χ1v) is 8.02. The summed E-state index contributed by atoms with van der Waals surface area (Å²) in [5.74, 6) is 0.552. The maximum Gasteiger partial charge on any atom is 0.123 e. The van der Waals surface area contributed by atoms with Gasteiger partial charge in [-0.1, -0.05) is 24.3 Å². The van der Waals surface area contributed by atoms with Gasteiger partial charge in [0.1, 0.15) is 24.3 Å². The predicted molar refractivity (Wildman–Crippen MR) is 88.0 cm³/mol. The quantitative estimate of drug-likeness (QED) is 0.920. The molecule has 0 saturated carbocycles. The Balaban J connectivity index is 1.58. The van der Waals surface area contributed by atoms with Gasteiger partial charge in [0.05, 0.1) is 0 Å². The van der Waals surface area contributed by atoms with E-state index in [1.807, 2.05) is 36.4 Å². The number of aliphatic hydroxyl groups excluding tert-OH is 1. The van der Waals surface area contributed by atoms with Crippen molar-refractivity contribution in [3.8, 4) is 5.75 Å². The molecule has 0 amide bonds. The Kier molecular flexibility index (Phi) is 4.94. The number of ether oxygens (including phenoxy) is 1. The van der Waals surface area contributed by atoms with Crippen LogP contribution < -0.4 is 4.74 Å². The molecule has 1 heterocycles. The lowest BCUT2D eigenvalue weighted by atomic mass is 9.93. The second kappa shape index (κ2) is 7.11. The fraction of sp³-hybridized carbons (Fsp3) is 0.368. The summed E-state index contributed by atoms with van der Waals surface area (Å²) >= 11 is 0. The molecule has 1 aliphatic rings. The van der Waals surface area contributed by atoms with E-state index in [2.05, 4.69) is 11.8 Å². The Labute approximate surface area is 136 Å². The van der Waals surface area contributed by atoms with Crippen molar-refractivity contribution in [3.05, 3.63) is 65.5 Å². The zero-order chi connectivity index (χ0) is 16.2. The molecule has 0 saturated heterocycles. The third-order valence-corrected chi connectivity index (χ3v) is 4.40. The number of rotatable bonds is 5. The van der Waals surface area contributed by atoms with Gasteiger partial charge in [-0.3, -0.25) is 4.90 Å². The van der Waals surface area contributed by atoms with Crippen LogP contribution >= 0.6 is 0 Å². The first-order valence-electron chi connectivity index (χ1n) is 8.02. The highest BCUT2D eigenvalue weighted by molar-refractivity contribution is 5.32. The van der Waals surface area contributed by atoms with Gasteiger partial charge in [0, 0.05) is 19.1 Å². The van der Waals surface area contributed by atoms with Crippen LogP contribution in [-0.2, 0) is 6.42 Å². The van der Waals surface area contributed by atoms with Crippen molar-refractivity contribution in [3.63, 3.8) is 0 Å². The highest BCUT2D eigenvalue weighted by Crippen LogP contribution is 2.29. The van der Waals surface area contributed by atoms with Crippen LogP contribution in [0.1, 0.15) is 24.1 Å². The smallest absolute Gasteiger partial charge is 0.123 e. The molecule has 23 heavy (non-hydrogen) atoms. The number of β-amino-alcohol motifs (C(OH)–C–C–N with tert-alkyl or cyclic N) is 1. The Morgan fingerprint density at radius 1 is 1.26 bits per heavy atom. The van der Waals surface area contributed by atoms with Crippen molar-refractivity contribution in [2.24, 2.45) is 0 Å². The Hall–Kier alpha value is -1.91. The maximum atomic E-state index is 13.5. The highest BCUT2D eigenvalue weighted by Gasteiger charge is 2.25. The normalized spacial score (nSPS) is 19.2. The lowest BCUT2D eigenvalue weighted by Crippen LogP contribution is -2.41. The van der Waals surface area contributed by atoms with E-state index < -0.39 is 6.10 Å². The van der Waals surface area contributed by atoms with Crippen molar-refractivity contribution in [1.29, 1.82) is 0 Å². The molecule has 4 heteroatoms. The zero-order valence-electron chi connectivity index (χ0n) is 13.3. The van der Waals surface area contributed by atoms with Crippen LogP contribution in [0.5, 0.6) is 5.75 Å². The van der Waals surface area contributed by atoms with E-state index in [1.54, 1.807) is 6.07 Å². The predicted octanol–water partition coefficient (Wildman–Crippen LogP) is 3.18. The van der Waals surface area contributed by atoms with Gasteiger partial charge in [0.25, 0.3) is 0 Å². The molecule has 0 aromatic heterocycles. The van der Waals surface area contributed by atoms with Crippen molar-refractivity contribution in [2.45, 2.75) is 25.5 Å². The molecule has 3 nitrogen and oxygen atoms in total. The molecule has 0 fully saturated rings. The van der Waals surface area contributed by atoms with Crippen LogP contribution in [0.2, 0.25) is 0 Å². The SMILES string of the molecule is CC1c2cc(F)ccc2CCN1CC(O)COc1ccccc1. The zero-order valence-corrected chi connectivity index (χ0v) is 13.3. The second-order valence-electron chi connectivity index (χ2n) is 6.04. The van der Waals surface area contributed by atoms with Crippen LogP contribution in [-0.4, -0.2) is 35.8 Å². The van der Waals surface area contributed by atoms with Crippen LogP contribution in [0.4, 0.5) is 4.39 Å². The van der Waals surface area contributed by atoms with Gasteiger partial charge in [-0.25, -0.2) is 4.39 Å². The Morgan fingerprint density at radius 3 is 2.83 bits per heavy atom. The first-order chi connectivity index (χ1) is 11.1. The van der Waals surface area contributed by atoms with Crippen LogP contribution in [0.3, 0.4) is 0 Å². The minimum atomic E-state index is -0.576. The second-order valence-corrected chi connectivity index (χ2v) is 6.04. The molecule has 3 rings (SSSR count). The van der Waals surface area contributed by atoms with Crippen molar-refractivity contribution >= 4 is 0 Å². The molecule has 1 aliphatic heterocycles. The van der Waals surface area contributed by atoms with Crippen LogP contribution in [0, 0.1) is 5.82 Å². The van der Waals surface area contributed by atoms with Crippen molar-refractivity contribution in [2.75, 3.05) is 19.7 Å². The molecule has 0 aliphatic carbocycles. The summed E-state index contributed by atoms with van der Waals surface area (Å²) in [6.45, 7) is 3.69. The van der Waals surface area contributed by atoms with Gasteiger partial charge >= 0.3 is 0 Å². The molecule has 2 aromatic rings. The van der Waals surface area contributed by atoms with E-state index in [0.29, 0.717) is 6.54 Å². The first kappa shape index (κ1) is 16.0. The minimum Gasteiger partial charge on any atom is -0.491 e. The molecule has 2 atom stereocenters. The van der Waals surface area contributed by atoms with Gasteiger partial charge < -0.3 is 9.84 Å². The van der Waals surface area contributed by atoms with E-state index in [1.165, 1.54) is 11.6 Å². The Morgan fingerprint density at radius 2 is 2.04 bits per heavy atom. The van der Waals surface area contributed by atoms with Gasteiger partial charge in [0.2, 0.25) is 0 Å². The number of hydrogen-bond acceptors (Lipinski definition) is 3. The van der Waals surface area contributed by atoms with Gasteiger partial charge in [0.15, 0.2) is 0 Å². The number of para-hydroxylation sites is 1. The van der Waals surface area contributed by atoms with E-state index in [0.717, 1.165) is 24.3 Å². The highest BCUT2D eigenvalue weighted by atomic mass is 19.1. The summed E-state index contributed by atoms with van der Waals surface area (Å²) in [7, 11) is 0. The lowest BCUT2D eigenvalue weighted by molar-refractivity contribution is 0.0517. The lowest BCUT2D eigenvalue weighted by Gasteiger charge is -2.36. The summed E-state index contributed by atoms with van der Waals surface area (Å²) in [6.07, 6.45) is 0.305. The summed E-state index contributed by atoms with van der Waals surface area (Å²) < 4.78 is 19.1. The average Bonchev–Trinajstić information content (AvgIpc) is 2.57. The number of fused-ring (bicyclic) bond motifs is 1. The fourth-order valence-electron chi connectivity index (χ4n) is 3.12. The van der Waals surface area contributed by atoms with Crippen molar-refractivity contribution in [1.82, 2.24) is 4.90 Å². The average molecular weight is 315 g/mol. The summed E-state index contributed by atoms with van der Waals surface area (Å²) in [4.78, 5) is 2.18. The summed E-state index contributed by atoms with van der Waals surface area (Å²) in [5, 5.41) is 10.2.